The number of benzene rings is 5. The van der Waals surface area contributed by atoms with Crippen LogP contribution in [0.5, 0.6) is 0 Å². The van der Waals surface area contributed by atoms with Gasteiger partial charge >= 0.3 is 0 Å². The number of aromatic nitrogens is 1. The van der Waals surface area contributed by atoms with E-state index in [-0.39, 0.29) is 0 Å². The smallest absolute Gasteiger partial charge is 0.0561 e. The van der Waals surface area contributed by atoms with E-state index in [0.29, 0.717) is 0 Å². The van der Waals surface area contributed by atoms with Gasteiger partial charge in [0.05, 0.1) is 11.0 Å². The van der Waals surface area contributed by atoms with E-state index in [1.54, 1.807) is 0 Å². The SMILES string of the molecule is c1ccc(-n2c3cccc4ccc5c6c(cc2c5c43)sc2ccccc26)cc1. The standard InChI is InChI=1S/C26H15NS/c1-2-8-17(9-3-1)27-20-11-6-7-16-13-14-19-25-18-10-4-5-12-22(18)28-23(25)15-21(27)26(19)24(16)20/h1-15H. The Bertz CT molecular complexity index is 1650. The van der Waals surface area contributed by atoms with Crippen LogP contribution in [0.4, 0.5) is 0 Å². The Labute approximate surface area is 165 Å². The topological polar surface area (TPSA) is 4.93 Å². The predicted molar refractivity (Wildman–Crippen MR) is 122 cm³/mol. The molecule has 7 aromatic rings. The van der Waals surface area contributed by atoms with Crippen molar-refractivity contribution in [2.75, 3.05) is 0 Å². The lowest BCUT2D eigenvalue weighted by Crippen LogP contribution is -1.92. The maximum atomic E-state index is 2.43. The van der Waals surface area contributed by atoms with Crippen LogP contribution in [0.3, 0.4) is 0 Å². The van der Waals surface area contributed by atoms with Crippen molar-refractivity contribution >= 4 is 64.1 Å². The Kier molecular flexibility index (Phi) is 2.68. The monoisotopic (exact) mass is 373 g/mol. The Morgan fingerprint density at radius 1 is 0.536 bits per heavy atom. The van der Waals surface area contributed by atoms with Crippen molar-refractivity contribution in [3.8, 4) is 5.69 Å². The van der Waals surface area contributed by atoms with E-state index in [1.165, 1.54) is 58.4 Å². The van der Waals surface area contributed by atoms with Gasteiger partial charge in [-0.2, -0.15) is 0 Å². The lowest BCUT2D eigenvalue weighted by atomic mass is 9.98. The highest BCUT2D eigenvalue weighted by atomic mass is 32.1. The molecular formula is C26H15NS. The number of hydrogen-bond donors (Lipinski definition) is 0. The highest BCUT2D eigenvalue weighted by Gasteiger charge is 2.19. The second kappa shape index (κ2) is 5.12. The van der Waals surface area contributed by atoms with Gasteiger partial charge in [0.2, 0.25) is 0 Å². The summed E-state index contributed by atoms with van der Waals surface area (Å²) < 4.78 is 5.14. The van der Waals surface area contributed by atoms with E-state index in [9.17, 15) is 0 Å². The first-order chi connectivity index (χ1) is 13.9. The Morgan fingerprint density at radius 3 is 2.32 bits per heavy atom. The summed E-state index contributed by atoms with van der Waals surface area (Å²) in [7, 11) is 0. The summed E-state index contributed by atoms with van der Waals surface area (Å²) in [5, 5.41) is 8.19. The first kappa shape index (κ1) is 14.7. The van der Waals surface area contributed by atoms with Gasteiger partial charge in [0.1, 0.15) is 0 Å². The minimum atomic E-state index is 1.22. The summed E-state index contributed by atoms with van der Waals surface area (Å²) in [6, 6.07) is 33.1. The minimum absolute atomic E-state index is 1.22. The molecule has 0 N–H and O–H groups in total. The number of hydrogen-bond acceptors (Lipinski definition) is 1. The van der Waals surface area contributed by atoms with E-state index in [4.69, 9.17) is 0 Å². The second-order valence-electron chi connectivity index (χ2n) is 7.40. The lowest BCUT2D eigenvalue weighted by Gasteiger charge is -2.07. The first-order valence-electron chi connectivity index (χ1n) is 9.55. The number of para-hydroxylation sites is 1. The molecule has 0 fully saturated rings. The largest absolute Gasteiger partial charge is 0.309 e. The fraction of sp³-hybridized carbons (Fsp3) is 0. The average molecular weight is 373 g/mol. The molecule has 7 rings (SSSR count). The quantitative estimate of drug-likeness (QED) is 0.259. The normalized spacial score (nSPS) is 12.3. The number of thiophene rings is 1. The maximum absolute atomic E-state index is 2.43. The van der Waals surface area contributed by atoms with E-state index in [1.807, 2.05) is 11.3 Å². The summed E-state index contributed by atoms with van der Waals surface area (Å²) >= 11 is 1.89. The molecule has 28 heavy (non-hydrogen) atoms. The molecule has 2 aromatic heterocycles. The molecule has 0 aliphatic heterocycles. The highest BCUT2D eigenvalue weighted by Crippen LogP contribution is 2.46. The molecule has 2 heterocycles. The predicted octanol–water partition coefficient (Wildman–Crippen LogP) is 7.74. The molecule has 0 spiro atoms. The van der Waals surface area contributed by atoms with Crippen molar-refractivity contribution in [2.45, 2.75) is 0 Å². The Hall–Kier alpha value is -3.36. The molecule has 2 heteroatoms. The van der Waals surface area contributed by atoms with Crippen LogP contribution in [0.15, 0.2) is 91.0 Å². The summed E-state index contributed by atoms with van der Waals surface area (Å²) in [6.07, 6.45) is 0. The molecule has 0 aliphatic carbocycles. The highest BCUT2D eigenvalue weighted by molar-refractivity contribution is 7.26. The molecule has 0 radical (unpaired) electrons. The zero-order valence-electron chi connectivity index (χ0n) is 15.0. The summed E-state index contributed by atoms with van der Waals surface area (Å²) in [5.74, 6) is 0. The van der Waals surface area contributed by atoms with Crippen molar-refractivity contribution in [3.63, 3.8) is 0 Å². The van der Waals surface area contributed by atoms with Gasteiger partial charge in [0.25, 0.3) is 0 Å². The Morgan fingerprint density at radius 2 is 1.39 bits per heavy atom. The Balaban J connectivity index is 1.82. The third-order valence-corrected chi connectivity index (χ3v) is 7.05. The second-order valence-corrected chi connectivity index (χ2v) is 8.49. The molecule has 0 bridgehead atoms. The van der Waals surface area contributed by atoms with Gasteiger partial charge in [-0.15, -0.1) is 11.3 Å². The van der Waals surface area contributed by atoms with Crippen LogP contribution < -0.4 is 0 Å². The van der Waals surface area contributed by atoms with Crippen LogP contribution in [0.1, 0.15) is 0 Å². The third-order valence-electron chi connectivity index (χ3n) is 5.94. The van der Waals surface area contributed by atoms with Crippen molar-refractivity contribution in [3.05, 3.63) is 91.0 Å². The number of nitrogens with zero attached hydrogens (tertiary/aromatic N) is 1. The molecule has 1 nitrogen and oxygen atoms in total. The van der Waals surface area contributed by atoms with Gasteiger partial charge < -0.3 is 4.57 Å². The fourth-order valence-electron chi connectivity index (χ4n) is 4.82. The van der Waals surface area contributed by atoms with Crippen molar-refractivity contribution in [2.24, 2.45) is 0 Å². The molecule has 0 aliphatic rings. The third kappa shape index (κ3) is 1.71. The molecule has 0 atom stereocenters. The minimum Gasteiger partial charge on any atom is -0.309 e. The van der Waals surface area contributed by atoms with E-state index >= 15 is 0 Å². The van der Waals surface area contributed by atoms with E-state index in [2.05, 4.69) is 95.6 Å². The van der Waals surface area contributed by atoms with Gasteiger partial charge in [-0.05, 0) is 41.1 Å². The van der Waals surface area contributed by atoms with Crippen molar-refractivity contribution in [1.82, 2.24) is 4.57 Å². The summed E-state index contributed by atoms with van der Waals surface area (Å²) in [6.45, 7) is 0. The fourth-order valence-corrected chi connectivity index (χ4v) is 5.98. The van der Waals surface area contributed by atoms with Crippen molar-refractivity contribution in [1.29, 1.82) is 0 Å². The summed E-state index contributed by atoms with van der Waals surface area (Å²) in [5.41, 5.74) is 3.80. The van der Waals surface area contributed by atoms with Crippen LogP contribution in [0.25, 0.3) is 58.4 Å². The molecule has 0 saturated carbocycles. The number of rotatable bonds is 1. The molecule has 0 saturated heterocycles. The van der Waals surface area contributed by atoms with Gasteiger partial charge in [-0.3, -0.25) is 0 Å². The van der Waals surface area contributed by atoms with E-state index < -0.39 is 0 Å². The molecule has 5 aromatic carbocycles. The van der Waals surface area contributed by atoms with Crippen LogP contribution in [-0.4, -0.2) is 4.57 Å². The lowest BCUT2D eigenvalue weighted by molar-refractivity contribution is 1.18. The zero-order chi connectivity index (χ0) is 18.2. The number of fused-ring (bicyclic) bond motifs is 4. The van der Waals surface area contributed by atoms with Gasteiger partial charge in [0.15, 0.2) is 0 Å². The molecule has 0 amide bonds. The van der Waals surface area contributed by atoms with Crippen LogP contribution >= 0.6 is 11.3 Å². The van der Waals surface area contributed by atoms with Crippen LogP contribution in [0, 0.1) is 0 Å². The summed E-state index contributed by atoms with van der Waals surface area (Å²) in [4.78, 5) is 0. The van der Waals surface area contributed by atoms with Gasteiger partial charge in [-0.25, -0.2) is 0 Å². The average Bonchev–Trinajstić information content (AvgIpc) is 3.28. The van der Waals surface area contributed by atoms with Gasteiger partial charge in [0, 0.05) is 36.6 Å². The zero-order valence-corrected chi connectivity index (χ0v) is 15.8. The first-order valence-corrected chi connectivity index (χ1v) is 10.4. The molecule has 0 unspecified atom stereocenters. The molecule has 130 valence electrons. The van der Waals surface area contributed by atoms with Crippen LogP contribution in [0.2, 0.25) is 0 Å². The van der Waals surface area contributed by atoms with E-state index in [0.717, 1.165) is 0 Å². The van der Waals surface area contributed by atoms with Gasteiger partial charge in [-0.1, -0.05) is 60.7 Å². The van der Waals surface area contributed by atoms with Crippen LogP contribution in [-0.2, 0) is 0 Å². The molecular weight excluding hydrogens is 358 g/mol. The van der Waals surface area contributed by atoms with Crippen molar-refractivity contribution < 1.29 is 0 Å². The maximum Gasteiger partial charge on any atom is 0.0561 e.